The highest BCUT2D eigenvalue weighted by Crippen LogP contribution is 2.29. The van der Waals surface area contributed by atoms with E-state index in [1.165, 1.54) is 12.4 Å². The Morgan fingerprint density at radius 1 is 0.622 bits per heavy atom. The normalized spacial score (nSPS) is 10.4. The summed E-state index contributed by atoms with van der Waals surface area (Å²) in [7, 11) is 8.54. The van der Waals surface area contributed by atoms with Gasteiger partial charge in [-0.3, -0.25) is 0 Å². The van der Waals surface area contributed by atoms with Gasteiger partial charge in [0.15, 0.2) is 11.5 Å². The van der Waals surface area contributed by atoms with Crippen LogP contribution >= 0.6 is 0 Å². The number of anilines is 2. The lowest BCUT2D eigenvalue weighted by Crippen LogP contribution is -2.17. The highest BCUT2D eigenvalue weighted by Gasteiger charge is 2.17. The van der Waals surface area contributed by atoms with Gasteiger partial charge < -0.3 is 28.6 Å². The summed E-state index contributed by atoms with van der Waals surface area (Å²) in [5.74, 6) is 2.11. The smallest absolute Gasteiger partial charge is 0.521 e. The van der Waals surface area contributed by atoms with Crippen LogP contribution in [0.25, 0.3) is 0 Å². The number of hydrogen-bond donors (Lipinski definition) is 0. The molecule has 189 valence electrons. The Labute approximate surface area is 217 Å². The monoisotopic (exact) mass is 499 g/mol. The first-order chi connectivity index (χ1) is 18.0. The number of ether oxygens (including phenoxy) is 2. The molecule has 0 aliphatic rings. The first kappa shape index (κ1) is 25.6. The number of aromatic nitrogens is 4. The lowest BCUT2D eigenvalue weighted by Gasteiger charge is -2.16. The second kappa shape index (κ2) is 12.4. The van der Waals surface area contributed by atoms with Crippen molar-refractivity contribution in [1.82, 2.24) is 19.9 Å². The number of benzene rings is 2. The zero-order valence-electron chi connectivity index (χ0n) is 21.2. The lowest BCUT2D eigenvalue weighted by molar-refractivity contribution is 0.275. The molecule has 4 aromatic rings. The quantitative estimate of drug-likeness (QED) is 0.269. The molecule has 0 fully saturated rings. The summed E-state index contributed by atoms with van der Waals surface area (Å²) < 4.78 is 23.3. The molecule has 10 nitrogen and oxygen atoms in total. The fourth-order valence-electron chi connectivity index (χ4n) is 3.07. The van der Waals surface area contributed by atoms with Crippen LogP contribution in [0.1, 0.15) is 11.1 Å². The fraction of sp³-hybridized carbons (Fsp3) is 0.231. The van der Waals surface area contributed by atoms with Gasteiger partial charge in [-0.2, -0.15) is 9.97 Å². The van der Waals surface area contributed by atoms with E-state index in [4.69, 9.17) is 18.8 Å². The molecular weight excluding hydrogens is 471 g/mol. The van der Waals surface area contributed by atoms with Crippen molar-refractivity contribution >= 4 is 19.6 Å². The van der Waals surface area contributed by atoms with E-state index in [0.717, 1.165) is 18.8 Å². The molecule has 37 heavy (non-hydrogen) atoms. The number of hydrogen-bond acceptors (Lipinski definition) is 10. The zero-order valence-corrected chi connectivity index (χ0v) is 21.2. The van der Waals surface area contributed by atoms with Gasteiger partial charge in [-0.15, -0.1) is 0 Å². The van der Waals surface area contributed by atoms with Crippen LogP contribution in [0.15, 0.2) is 73.1 Å². The Balaban J connectivity index is 1.46. The van der Waals surface area contributed by atoms with Crippen molar-refractivity contribution in [1.29, 1.82) is 0 Å². The van der Waals surface area contributed by atoms with Crippen molar-refractivity contribution in [2.75, 3.05) is 38.0 Å². The summed E-state index contributed by atoms with van der Waals surface area (Å²) in [4.78, 5) is 21.1. The molecule has 0 amide bonds. The van der Waals surface area contributed by atoms with Gasteiger partial charge >= 0.3 is 7.69 Å². The maximum absolute atomic E-state index is 5.94. The van der Waals surface area contributed by atoms with Crippen LogP contribution in [0.4, 0.5) is 11.9 Å². The van der Waals surface area contributed by atoms with Gasteiger partial charge in [0.25, 0.3) is 11.8 Å². The molecule has 0 atom stereocenters. The van der Waals surface area contributed by atoms with E-state index < -0.39 is 0 Å². The minimum atomic E-state index is 0.280. The van der Waals surface area contributed by atoms with Gasteiger partial charge in [0.05, 0.1) is 12.4 Å². The average Bonchev–Trinajstić information content (AvgIpc) is 2.92. The van der Waals surface area contributed by atoms with Crippen LogP contribution in [0.5, 0.6) is 23.3 Å². The molecule has 0 saturated carbocycles. The third kappa shape index (κ3) is 7.23. The summed E-state index contributed by atoms with van der Waals surface area (Å²) in [5, 5.41) is 0. The van der Waals surface area contributed by atoms with Crippen LogP contribution in [0, 0.1) is 0 Å². The molecule has 1 radical (unpaired) electrons. The van der Waals surface area contributed by atoms with Crippen molar-refractivity contribution < 1.29 is 18.8 Å². The summed E-state index contributed by atoms with van der Waals surface area (Å²) in [5.41, 5.74) is 1.99. The predicted molar refractivity (Wildman–Crippen MR) is 141 cm³/mol. The standard InChI is InChI=1S/C26H28BN6O4/c1-32(2)25-28-15-21(23(30-25)34-17-19-11-7-5-8-12-19)36-27-37-22-16-29-26(33(3)4)31-24(22)35-18-20-13-9-6-10-14-20/h5-16H,17-18H2,1-4H3. The highest BCUT2D eigenvalue weighted by atomic mass is 16.6. The lowest BCUT2D eigenvalue weighted by atomic mass is 10.2. The van der Waals surface area contributed by atoms with Gasteiger partial charge in [0.2, 0.25) is 11.9 Å². The molecule has 2 aromatic heterocycles. The van der Waals surface area contributed by atoms with E-state index in [0.29, 0.717) is 36.6 Å². The molecule has 2 heterocycles. The van der Waals surface area contributed by atoms with Gasteiger partial charge in [-0.25, -0.2) is 9.97 Å². The Bertz CT molecular complexity index is 1180. The second-order valence-electron chi connectivity index (χ2n) is 8.35. The van der Waals surface area contributed by atoms with E-state index in [9.17, 15) is 0 Å². The van der Waals surface area contributed by atoms with Crippen LogP contribution in [-0.4, -0.2) is 55.8 Å². The summed E-state index contributed by atoms with van der Waals surface area (Å²) in [6.07, 6.45) is 3.06. The van der Waals surface area contributed by atoms with Crippen molar-refractivity contribution in [2.24, 2.45) is 0 Å². The van der Waals surface area contributed by atoms with Gasteiger partial charge in [0.1, 0.15) is 13.2 Å². The summed E-state index contributed by atoms with van der Waals surface area (Å²) >= 11 is 0. The Morgan fingerprint density at radius 3 is 1.41 bits per heavy atom. The Kier molecular flexibility index (Phi) is 8.59. The molecule has 0 N–H and O–H groups in total. The molecule has 0 unspecified atom stereocenters. The molecule has 0 saturated heterocycles. The van der Waals surface area contributed by atoms with Crippen molar-refractivity contribution in [3.8, 4) is 23.3 Å². The minimum absolute atomic E-state index is 0.280. The third-order valence-electron chi connectivity index (χ3n) is 5.01. The predicted octanol–water partition coefficient (Wildman–Crippen LogP) is 3.55. The first-order valence-electron chi connectivity index (χ1n) is 11.6. The average molecular weight is 499 g/mol. The molecule has 11 heteroatoms. The maximum Gasteiger partial charge on any atom is 0.658 e. The van der Waals surface area contributed by atoms with E-state index in [-0.39, 0.29) is 11.8 Å². The molecule has 0 bridgehead atoms. The summed E-state index contributed by atoms with van der Waals surface area (Å²) in [6, 6.07) is 19.6. The van der Waals surface area contributed by atoms with Crippen molar-refractivity contribution in [2.45, 2.75) is 13.2 Å². The number of nitrogens with zero attached hydrogens (tertiary/aromatic N) is 6. The van der Waals surface area contributed by atoms with Crippen LogP contribution in [0.3, 0.4) is 0 Å². The maximum atomic E-state index is 5.94. The first-order valence-corrected chi connectivity index (χ1v) is 11.6. The molecule has 4 rings (SSSR count). The molecular formula is C26H28BN6O4. The third-order valence-corrected chi connectivity index (χ3v) is 5.01. The van der Waals surface area contributed by atoms with E-state index in [2.05, 4.69) is 19.9 Å². The topological polar surface area (TPSA) is 95.0 Å². The van der Waals surface area contributed by atoms with Crippen molar-refractivity contribution in [3.63, 3.8) is 0 Å². The van der Waals surface area contributed by atoms with E-state index in [1.54, 1.807) is 9.80 Å². The largest absolute Gasteiger partial charge is 0.658 e. The van der Waals surface area contributed by atoms with Crippen LogP contribution < -0.4 is 28.6 Å². The SMILES string of the molecule is CN(C)c1ncc(O[B]Oc2cnc(N(C)C)nc2OCc2ccccc2)c(OCc2ccccc2)n1. The van der Waals surface area contributed by atoms with Crippen LogP contribution in [0.2, 0.25) is 0 Å². The Hall–Kier alpha value is -4.54. The van der Waals surface area contributed by atoms with Crippen molar-refractivity contribution in [3.05, 3.63) is 84.2 Å². The van der Waals surface area contributed by atoms with E-state index in [1.807, 2.05) is 88.9 Å². The molecule has 2 aromatic carbocycles. The second-order valence-corrected chi connectivity index (χ2v) is 8.35. The van der Waals surface area contributed by atoms with Gasteiger partial charge in [-0.1, -0.05) is 60.7 Å². The minimum Gasteiger partial charge on any atom is -0.521 e. The van der Waals surface area contributed by atoms with Gasteiger partial charge in [0, 0.05) is 28.2 Å². The molecule has 0 aliphatic carbocycles. The zero-order chi connectivity index (χ0) is 26.0. The van der Waals surface area contributed by atoms with E-state index >= 15 is 0 Å². The number of rotatable bonds is 12. The molecule has 0 spiro atoms. The Morgan fingerprint density at radius 2 is 1.03 bits per heavy atom. The fourth-order valence-corrected chi connectivity index (χ4v) is 3.07. The summed E-state index contributed by atoms with van der Waals surface area (Å²) in [6.45, 7) is 0.637. The van der Waals surface area contributed by atoms with Crippen LogP contribution in [-0.2, 0) is 13.2 Å². The molecule has 0 aliphatic heterocycles. The highest BCUT2D eigenvalue weighted by molar-refractivity contribution is 6.21. The van der Waals surface area contributed by atoms with Gasteiger partial charge in [-0.05, 0) is 11.1 Å².